The van der Waals surface area contributed by atoms with Crippen LogP contribution >= 0.6 is 0 Å². The van der Waals surface area contributed by atoms with E-state index in [1.54, 1.807) is 13.8 Å². The smallest absolute Gasteiger partial charge is 0.309 e. The molecule has 0 radical (unpaired) electrons. The highest BCUT2D eigenvalue weighted by molar-refractivity contribution is 6.47. The van der Waals surface area contributed by atoms with Gasteiger partial charge in [-0.25, -0.2) is 0 Å². The van der Waals surface area contributed by atoms with Gasteiger partial charge in [0, 0.05) is 0 Å². The van der Waals surface area contributed by atoms with Crippen molar-refractivity contribution < 1.29 is 9.76 Å². The maximum absolute atomic E-state index is 10.2. The van der Waals surface area contributed by atoms with Crippen LogP contribution < -0.4 is 5.46 Å². The molecule has 0 aliphatic carbocycles. The second-order valence-electron chi connectivity index (χ2n) is 7.18. The van der Waals surface area contributed by atoms with Crippen LogP contribution in [0.25, 0.3) is 17.2 Å². The van der Waals surface area contributed by atoms with Gasteiger partial charge in [0.1, 0.15) is 0 Å². The van der Waals surface area contributed by atoms with Crippen molar-refractivity contribution in [1.82, 2.24) is 0 Å². The van der Waals surface area contributed by atoms with Gasteiger partial charge in [-0.3, -0.25) is 0 Å². The Bertz CT molecular complexity index is 712. The van der Waals surface area contributed by atoms with E-state index in [1.165, 1.54) is 16.7 Å². The highest BCUT2D eigenvalue weighted by Crippen LogP contribution is 2.24. The Morgan fingerprint density at radius 1 is 0.958 bits per heavy atom. The third-order valence-corrected chi connectivity index (χ3v) is 4.58. The molecule has 126 valence electrons. The van der Waals surface area contributed by atoms with E-state index in [4.69, 9.17) is 4.65 Å². The Labute approximate surface area is 146 Å². The molecule has 24 heavy (non-hydrogen) atoms. The van der Waals surface area contributed by atoms with Gasteiger partial charge in [-0.15, -0.1) is 0 Å². The van der Waals surface area contributed by atoms with Crippen molar-refractivity contribution in [2.24, 2.45) is 0 Å². The minimum atomic E-state index is -0.897. The zero-order valence-corrected chi connectivity index (χ0v) is 15.3. The van der Waals surface area contributed by atoms with Crippen molar-refractivity contribution in [3.05, 3.63) is 60.2 Å². The highest BCUT2D eigenvalue weighted by Gasteiger charge is 2.35. The Morgan fingerprint density at radius 3 is 2.21 bits per heavy atom. The van der Waals surface area contributed by atoms with Gasteiger partial charge in [0.25, 0.3) is 0 Å². The first-order valence-corrected chi connectivity index (χ1v) is 8.41. The SMILES string of the molecule is C/C=C/c1cccc(-c2cccc(BOC(C)(C)C(C)(C)O)c2)c1. The molecule has 0 aliphatic rings. The van der Waals surface area contributed by atoms with Crippen LogP contribution in [0.4, 0.5) is 0 Å². The summed E-state index contributed by atoms with van der Waals surface area (Å²) in [6.07, 6.45) is 4.14. The van der Waals surface area contributed by atoms with E-state index in [9.17, 15) is 5.11 Å². The van der Waals surface area contributed by atoms with Crippen LogP contribution in [-0.4, -0.2) is 23.8 Å². The van der Waals surface area contributed by atoms with Gasteiger partial charge >= 0.3 is 7.48 Å². The molecule has 0 unspecified atom stereocenters. The molecular formula is C21H27BO2. The summed E-state index contributed by atoms with van der Waals surface area (Å²) in [5.74, 6) is 0. The molecule has 0 fully saturated rings. The average Bonchev–Trinajstić information content (AvgIpc) is 2.53. The Hall–Kier alpha value is -1.84. The summed E-state index contributed by atoms with van der Waals surface area (Å²) in [4.78, 5) is 0. The first-order chi connectivity index (χ1) is 11.2. The summed E-state index contributed by atoms with van der Waals surface area (Å²) in [5, 5.41) is 10.2. The lowest BCUT2D eigenvalue weighted by molar-refractivity contribution is -0.0893. The molecule has 2 aromatic carbocycles. The van der Waals surface area contributed by atoms with Crippen molar-refractivity contribution in [3.63, 3.8) is 0 Å². The summed E-state index contributed by atoms with van der Waals surface area (Å²) in [6.45, 7) is 9.40. The normalized spacial score (nSPS) is 12.6. The van der Waals surface area contributed by atoms with Gasteiger partial charge in [-0.1, -0.05) is 60.1 Å². The molecule has 0 saturated heterocycles. The monoisotopic (exact) mass is 322 g/mol. The van der Waals surface area contributed by atoms with E-state index < -0.39 is 11.2 Å². The van der Waals surface area contributed by atoms with E-state index >= 15 is 0 Å². The molecular weight excluding hydrogens is 295 g/mol. The zero-order chi connectivity index (χ0) is 17.8. The Balaban J connectivity index is 2.19. The molecule has 0 saturated carbocycles. The molecule has 1 N–H and O–H groups in total. The lowest BCUT2D eigenvalue weighted by Crippen LogP contribution is -2.49. The minimum absolute atomic E-state index is 0.472. The maximum atomic E-state index is 10.2. The number of allylic oxidation sites excluding steroid dienone is 1. The number of rotatable bonds is 6. The van der Waals surface area contributed by atoms with Gasteiger partial charge in [-0.05, 0) is 57.4 Å². The van der Waals surface area contributed by atoms with Crippen LogP contribution in [0.5, 0.6) is 0 Å². The summed E-state index contributed by atoms with van der Waals surface area (Å²) < 4.78 is 5.97. The summed E-state index contributed by atoms with van der Waals surface area (Å²) in [5.41, 5.74) is 3.14. The fourth-order valence-electron chi connectivity index (χ4n) is 2.30. The molecule has 0 spiro atoms. The first kappa shape index (κ1) is 18.5. The van der Waals surface area contributed by atoms with Crippen LogP contribution in [0.2, 0.25) is 0 Å². The van der Waals surface area contributed by atoms with Gasteiger partial charge in [0.2, 0.25) is 0 Å². The van der Waals surface area contributed by atoms with Gasteiger partial charge in [0.15, 0.2) is 0 Å². The van der Waals surface area contributed by atoms with E-state index in [-0.39, 0.29) is 0 Å². The molecule has 0 bridgehead atoms. The summed E-state index contributed by atoms with van der Waals surface area (Å²) in [7, 11) is 0.472. The molecule has 0 amide bonds. The third-order valence-electron chi connectivity index (χ3n) is 4.58. The molecule has 3 heteroatoms. The predicted molar refractivity (Wildman–Crippen MR) is 105 cm³/mol. The van der Waals surface area contributed by atoms with Crippen molar-refractivity contribution in [2.45, 2.75) is 45.8 Å². The highest BCUT2D eigenvalue weighted by atomic mass is 16.5. The fraction of sp³-hybridized carbons (Fsp3) is 0.333. The van der Waals surface area contributed by atoms with Crippen molar-refractivity contribution in [1.29, 1.82) is 0 Å². The van der Waals surface area contributed by atoms with E-state index in [0.717, 1.165) is 5.46 Å². The topological polar surface area (TPSA) is 29.5 Å². The number of benzene rings is 2. The summed E-state index contributed by atoms with van der Waals surface area (Å²) in [6, 6.07) is 16.8. The average molecular weight is 322 g/mol. The lowest BCUT2D eigenvalue weighted by atomic mass is 9.81. The van der Waals surface area contributed by atoms with Crippen LogP contribution in [-0.2, 0) is 4.65 Å². The molecule has 0 atom stereocenters. The van der Waals surface area contributed by atoms with Crippen molar-refractivity contribution in [3.8, 4) is 11.1 Å². The number of hydrogen-bond donors (Lipinski definition) is 1. The van der Waals surface area contributed by atoms with E-state index in [1.807, 2.05) is 32.9 Å². The number of hydrogen-bond acceptors (Lipinski definition) is 2. The lowest BCUT2D eigenvalue weighted by Gasteiger charge is -2.37. The van der Waals surface area contributed by atoms with Crippen LogP contribution in [0.1, 0.15) is 40.2 Å². The molecule has 2 nitrogen and oxygen atoms in total. The van der Waals surface area contributed by atoms with Crippen molar-refractivity contribution in [2.75, 3.05) is 0 Å². The van der Waals surface area contributed by atoms with Crippen LogP contribution in [0.3, 0.4) is 0 Å². The molecule has 0 heterocycles. The molecule has 2 rings (SSSR count). The van der Waals surface area contributed by atoms with Crippen LogP contribution in [0, 0.1) is 0 Å². The van der Waals surface area contributed by atoms with E-state index in [2.05, 4.69) is 48.5 Å². The third kappa shape index (κ3) is 4.59. The maximum Gasteiger partial charge on any atom is 0.309 e. The standard InChI is InChI=1S/C21H27BO2/c1-6-9-16-10-7-11-17(14-16)18-12-8-13-19(15-18)22-24-21(4,5)20(2,3)23/h6-15,22-23H,1-5H3/b9-6+. The molecule has 0 aromatic heterocycles. The fourth-order valence-corrected chi connectivity index (χ4v) is 2.30. The first-order valence-electron chi connectivity index (χ1n) is 8.41. The molecule has 2 aromatic rings. The largest absolute Gasteiger partial charge is 0.427 e. The second-order valence-corrected chi connectivity index (χ2v) is 7.18. The Morgan fingerprint density at radius 2 is 1.58 bits per heavy atom. The number of aliphatic hydroxyl groups is 1. The van der Waals surface area contributed by atoms with Gasteiger partial charge in [-0.2, -0.15) is 0 Å². The quantitative estimate of drug-likeness (QED) is 0.817. The van der Waals surface area contributed by atoms with Gasteiger partial charge < -0.3 is 9.76 Å². The van der Waals surface area contributed by atoms with Crippen LogP contribution in [0.15, 0.2) is 54.6 Å². The molecule has 0 aliphatic heterocycles. The van der Waals surface area contributed by atoms with Gasteiger partial charge in [0.05, 0.1) is 11.2 Å². The van der Waals surface area contributed by atoms with E-state index in [0.29, 0.717) is 7.48 Å². The second kappa shape index (κ2) is 7.37. The Kier molecular flexibility index (Phi) is 5.68. The predicted octanol–water partition coefficient (Wildman–Crippen LogP) is 3.93. The minimum Gasteiger partial charge on any atom is -0.427 e. The zero-order valence-electron chi connectivity index (χ0n) is 15.3. The van der Waals surface area contributed by atoms with Crippen molar-refractivity contribution >= 4 is 19.0 Å². The summed E-state index contributed by atoms with van der Waals surface area (Å²) >= 11 is 0.